The van der Waals surface area contributed by atoms with Crippen molar-refractivity contribution in [3.63, 3.8) is 0 Å². The summed E-state index contributed by atoms with van der Waals surface area (Å²) >= 11 is 0. The highest BCUT2D eigenvalue weighted by atomic mass is 19.1. The molecule has 4 nitrogen and oxygen atoms in total. The van der Waals surface area contributed by atoms with Crippen molar-refractivity contribution in [2.75, 3.05) is 6.54 Å². The Hall–Kier alpha value is -2.69. The summed E-state index contributed by atoms with van der Waals surface area (Å²) in [6.07, 6.45) is 7.02. The average Bonchev–Trinajstić information content (AvgIpc) is 3.07. The molecule has 0 aliphatic rings. The van der Waals surface area contributed by atoms with E-state index in [0.29, 0.717) is 12.1 Å². The largest absolute Gasteiger partial charge is 0.356 e. The molecule has 1 unspecified atom stereocenters. The van der Waals surface area contributed by atoms with Gasteiger partial charge < -0.3 is 9.72 Å². The van der Waals surface area contributed by atoms with Crippen LogP contribution in [0.15, 0.2) is 48.8 Å². The van der Waals surface area contributed by atoms with Crippen molar-refractivity contribution < 1.29 is 9.18 Å². The molecule has 1 atom stereocenters. The van der Waals surface area contributed by atoms with Crippen molar-refractivity contribution in [2.45, 2.75) is 45.4 Å². The van der Waals surface area contributed by atoms with Crippen molar-refractivity contribution >= 4 is 11.6 Å². The lowest BCUT2D eigenvalue weighted by Crippen LogP contribution is -2.27. The number of aromatic nitrogens is 2. The predicted molar refractivity (Wildman–Crippen MR) is 105 cm³/mol. The van der Waals surface area contributed by atoms with Crippen LogP contribution >= 0.6 is 0 Å². The van der Waals surface area contributed by atoms with Crippen LogP contribution in [0.5, 0.6) is 0 Å². The van der Waals surface area contributed by atoms with E-state index in [9.17, 15) is 9.18 Å². The van der Waals surface area contributed by atoms with Crippen LogP contribution in [0.25, 0.3) is 5.65 Å². The molecule has 27 heavy (non-hydrogen) atoms. The van der Waals surface area contributed by atoms with E-state index in [1.807, 2.05) is 29.7 Å². The number of hydrogen-bond donors (Lipinski definition) is 1. The molecule has 0 saturated heterocycles. The number of amides is 1. The van der Waals surface area contributed by atoms with E-state index >= 15 is 0 Å². The van der Waals surface area contributed by atoms with Crippen molar-refractivity contribution in [1.29, 1.82) is 0 Å². The highest BCUT2D eigenvalue weighted by Gasteiger charge is 2.24. The van der Waals surface area contributed by atoms with Crippen molar-refractivity contribution in [2.24, 2.45) is 0 Å². The number of unbranched alkanes of at least 4 members (excludes halogenated alkanes) is 2. The summed E-state index contributed by atoms with van der Waals surface area (Å²) in [6.45, 7) is 4.79. The van der Waals surface area contributed by atoms with E-state index in [-0.39, 0.29) is 18.1 Å². The third-order valence-electron chi connectivity index (χ3n) is 4.83. The van der Waals surface area contributed by atoms with Crippen LogP contribution in [0.1, 0.15) is 55.3 Å². The molecular weight excluding hydrogens is 341 g/mol. The Morgan fingerprint density at radius 1 is 1.26 bits per heavy atom. The molecule has 0 saturated carbocycles. The van der Waals surface area contributed by atoms with Gasteiger partial charge >= 0.3 is 0 Å². The molecule has 0 fully saturated rings. The molecule has 5 heteroatoms. The Kier molecular flexibility index (Phi) is 6.22. The first kappa shape index (κ1) is 19.1. The van der Waals surface area contributed by atoms with E-state index in [0.717, 1.165) is 36.2 Å². The summed E-state index contributed by atoms with van der Waals surface area (Å²) in [5.41, 5.74) is 3.24. The molecule has 142 valence electrons. The quantitative estimate of drug-likeness (QED) is 0.591. The SMILES string of the molecule is CCCCCNC(=O)CC(c1ccccc1F)c1cnc2cc(C)ccn12. The molecule has 0 aliphatic carbocycles. The van der Waals surface area contributed by atoms with Gasteiger partial charge in [-0.1, -0.05) is 38.0 Å². The first-order chi connectivity index (χ1) is 13.1. The topological polar surface area (TPSA) is 46.4 Å². The number of fused-ring (bicyclic) bond motifs is 1. The molecule has 1 N–H and O–H groups in total. The van der Waals surface area contributed by atoms with Crippen molar-refractivity contribution in [3.05, 3.63) is 71.4 Å². The molecule has 0 bridgehead atoms. The molecule has 3 aromatic rings. The monoisotopic (exact) mass is 367 g/mol. The van der Waals surface area contributed by atoms with Gasteiger partial charge in [0.1, 0.15) is 11.5 Å². The fourth-order valence-corrected chi connectivity index (χ4v) is 3.35. The number of rotatable bonds is 8. The second-order valence-electron chi connectivity index (χ2n) is 6.95. The zero-order valence-corrected chi connectivity index (χ0v) is 15.9. The molecular formula is C22H26FN3O. The maximum Gasteiger partial charge on any atom is 0.221 e. The molecule has 1 aromatic carbocycles. The van der Waals surface area contributed by atoms with Crippen LogP contribution < -0.4 is 5.32 Å². The normalized spacial score (nSPS) is 12.3. The molecule has 2 heterocycles. The maximum atomic E-state index is 14.5. The van der Waals surface area contributed by atoms with Crippen molar-refractivity contribution in [1.82, 2.24) is 14.7 Å². The lowest BCUT2D eigenvalue weighted by Gasteiger charge is -2.18. The lowest BCUT2D eigenvalue weighted by molar-refractivity contribution is -0.121. The average molecular weight is 367 g/mol. The number of imidazole rings is 1. The van der Waals surface area contributed by atoms with E-state index in [4.69, 9.17) is 0 Å². The van der Waals surface area contributed by atoms with Crippen LogP contribution in [-0.4, -0.2) is 21.8 Å². The predicted octanol–water partition coefficient (Wildman–Crippen LogP) is 4.61. The van der Waals surface area contributed by atoms with Gasteiger partial charge in [-0.3, -0.25) is 4.79 Å². The summed E-state index contributed by atoms with van der Waals surface area (Å²) in [5, 5.41) is 2.97. The van der Waals surface area contributed by atoms with Gasteiger partial charge in [-0.2, -0.15) is 0 Å². The number of carbonyl (C=O) groups is 1. The molecule has 3 rings (SSSR count). The van der Waals surface area contributed by atoms with E-state index in [2.05, 4.69) is 17.2 Å². The van der Waals surface area contributed by atoms with Crippen LogP contribution in [0, 0.1) is 12.7 Å². The van der Waals surface area contributed by atoms with Gasteiger partial charge in [0.15, 0.2) is 0 Å². The third-order valence-corrected chi connectivity index (χ3v) is 4.83. The fraction of sp³-hybridized carbons (Fsp3) is 0.364. The highest BCUT2D eigenvalue weighted by Crippen LogP contribution is 2.30. The number of nitrogens with one attached hydrogen (secondary N) is 1. The lowest BCUT2D eigenvalue weighted by atomic mass is 9.92. The fourth-order valence-electron chi connectivity index (χ4n) is 3.35. The minimum Gasteiger partial charge on any atom is -0.356 e. The van der Waals surface area contributed by atoms with Gasteiger partial charge in [0.25, 0.3) is 0 Å². The van der Waals surface area contributed by atoms with Gasteiger partial charge in [-0.05, 0) is 42.7 Å². The molecule has 0 radical (unpaired) electrons. The van der Waals surface area contributed by atoms with Gasteiger partial charge in [-0.15, -0.1) is 0 Å². The minimum absolute atomic E-state index is 0.0681. The molecule has 0 aliphatic heterocycles. The Balaban J connectivity index is 1.90. The summed E-state index contributed by atoms with van der Waals surface area (Å²) < 4.78 is 16.5. The number of aryl methyl sites for hydroxylation is 1. The van der Waals surface area contributed by atoms with Crippen LogP contribution in [0.3, 0.4) is 0 Å². The van der Waals surface area contributed by atoms with Crippen LogP contribution in [0.2, 0.25) is 0 Å². The number of halogens is 1. The van der Waals surface area contributed by atoms with E-state index in [1.165, 1.54) is 6.07 Å². The summed E-state index contributed by atoms with van der Waals surface area (Å²) in [7, 11) is 0. The highest BCUT2D eigenvalue weighted by molar-refractivity contribution is 5.77. The smallest absolute Gasteiger partial charge is 0.221 e. The zero-order chi connectivity index (χ0) is 19.2. The molecule has 1 amide bonds. The number of hydrogen-bond acceptors (Lipinski definition) is 2. The first-order valence-electron chi connectivity index (χ1n) is 9.55. The Morgan fingerprint density at radius 2 is 2.07 bits per heavy atom. The van der Waals surface area contributed by atoms with Gasteiger partial charge in [-0.25, -0.2) is 9.37 Å². The molecule has 2 aromatic heterocycles. The maximum absolute atomic E-state index is 14.5. The minimum atomic E-state index is -0.393. The second kappa shape index (κ2) is 8.80. The standard InChI is InChI=1S/C22H26FN3O/c1-3-4-7-11-24-22(27)14-18(17-8-5-6-9-19(17)23)20-15-25-21-13-16(2)10-12-26(20)21/h5-6,8-10,12-13,15,18H,3-4,7,11,14H2,1-2H3,(H,24,27). The van der Waals surface area contributed by atoms with Crippen LogP contribution in [0.4, 0.5) is 4.39 Å². The van der Waals surface area contributed by atoms with E-state index in [1.54, 1.807) is 24.4 Å². The Labute approximate surface area is 159 Å². The molecule has 0 spiro atoms. The Bertz CT molecular complexity index is 919. The van der Waals surface area contributed by atoms with Gasteiger partial charge in [0, 0.05) is 31.3 Å². The van der Waals surface area contributed by atoms with Crippen LogP contribution in [-0.2, 0) is 4.79 Å². The third kappa shape index (κ3) is 4.54. The zero-order valence-electron chi connectivity index (χ0n) is 15.9. The van der Waals surface area contributed by atoms with E-state index < -0.39 is 5.92 Å². The summed E-state index contributed by atoms with van der Waals surface area (Å²) in [5.74, 6) is -0.764. The number of pyridine rings is 1. The second-order valence-corrected chi connectivity index (χ2v) is 6.95. The Morgan fingerprint density at radius 3 is 2.85 bits per heavy atom. The van der Waals surface area contributed by atoms with Crippen molar-refractivity contribution in [3.8, 4) is 0 Å². The van der Waals surface area contributed by atoms with Gasteiger partial charge in [0.2, 0.25) is 5.91 Å². The number of carbonyl (C=O) groups excluding carboxylic acids is 1. The summed E-state index contributed by atoms with van der Waals surface area (Å²) in [6, 6.07) is 10.6. The first-order valence-corrected chi connectivity index (χ1v) is 9.55. The van der Waals surface area contributed by atoms with Gasteiger partial charge in [0.05, 0.1) is 5.69 Å². The number of benzene rings is 1. The number of nitrogens with zero attached hydrogens (tertiary/aromatic N) is 2. The summed E-state index contributed by atoms with van der Waals surface area (Å²) in [4.78, 5) is 17.0.